The van der Waals surface area contributed by atoms with E-state index in [-0.39, 0.29) is 25.4 Å². The molecule has 5 nitrogen and oxygen atoms in total. The van der Waals surface area contributed by atoms with Crippen molar-refractivity contribution in [1.82, 2.24) is 4.90 Å². The summed E-state index contributed by atoms with van der Waals surface area (Å²) in [4.78, 5) is 11.8. The fourth-order valence-corrected chi connectivity index (χ4v) is 1.30. The minimum atomic E-state index is -0.955. The predicted octanol–water partition coefficient (Wildman–Crippen LogP) is -0.254. The van der Waals surface area contributed by atoms with Gasteiger partial charge in [0.15, 0.2) is 0 Å². The molecule has 0 aliphatic carbocycles. The van der Waals surface area contributed by atoms with E-state index >= 15 is 0 Å². The lowest BCUT2D eigenvalue weighted by Crippen LogP contribution is -2.49. The zero-order chi connectivity index (χ0) is 9.14. The molecule has 0 bridgehead atoms. The van der Waals surface area contributed by atoms with Crippen LogP contribution in [-0.4, -0.2) is 53.1 Å². The molecule has 12 heavy (non-hydrogen) atoms. The van der Waals surface area contributed by atoms with Gasteiger partial charge in [0.25, 0.3) is 0 Å². The van der Waals surface area contributed by atoms with E-state index in [0.717, 1.165) is 0 Å². The molecule has 0 radical (unpaired) electrons. The number of rotatable bonds is 1. The van der Waals surface area contributed by atoms with Gasteiger partial charge in [-0.2, -0.15) is 0 Å². The monoisotopic (exact) mass is 175 g/mol. The normalized spacial score (nSPS) is 30.3. The third-order valence-corrected chi connectivity index (χ3v) is 1.80. The van der Waals surface area contributed by atoms with Crippen molar-refractivity contribution in [1.29, 1.82) is 0 Å². The lowest BCUT2D eigenvalue weighted by Gasteiger charge is -2.34. The quantitative estimate of drug-likeness (QED) is 0.576. The third-order valence-electron chi connectivity index (χ3n) is 1.80. The van der Waals surface area contributed by atoms with Crippen LogP contribution in [0.15, 0.2) is 0 Å². The molecule has 0 aromatic carbocycles. The summed E-state index contributed by atoms with van der Waals surface area (Å²) in [6, 6.07) is 0. The Kier molecular flexibility index (Phi) is 2.88. The maximum absolute atomic E-state index is 10.6. The topological polar surface area (TPSA) is 70.0 Å². The molecule has 1 aliphatic heterocycles. The van der Waals surface area contributed by atoms with Crippen LogP contribution >= 0.6 is 0 Å². The van der Waals surface area contributed by atoms with Gasteiger partial charge in [0.2, 0.25) is 0 Å². The molecule has 0 spiro atoms. The number of aliphatic hydroxyl groups excluding tert-OH is 1. The van der Waals surface area contributed by atoms with Crippen LogP contribution in [0.5, 0.6) is 0 Å². The molecule has 2 atom stereocenters. The number of hydrogen-bond acceptors (Lipinski definition) is 3. The Balaban J connectivity index is 2.51. The first-order valence-electron chi connectivity index (χ1n) is 3.87. The van der Waals surface area contributed by atoms with E-state index in [1.54, 1.807) is 6.92 Å². The Morgan fingerprint density at radius 3 is 2.83 bits per heavy atom. The Bertz CT molecular complexity index is 173. The van der Waals surface area contributed by atoms with Crippen LogP contribution in [-0.2, 0) is 4.74 Å². The fourth-order valence-electron chi connectivity index (χ4n) is 1.30. The van der Waals surface area contributed by atoms with E-state index in [9.17, 15) is 4.79 Å². The molecule has 70 valence electrons. The minimum Gasteiger partial charge on any atom is -0.465 e. The Morgan fingerprint density at radius 1 is 1.67 bits per heavy atom. The molecule has 1 rings (SSSR count). The van der Waals surface area contributed by atoms with Gasteiger partial charge >= 0.3 is 6.09 Å². The third kappa shape index (κ3) is 2.09. The second-order valence-electron chi connectivity index (χ2n) is 2.94. The molecule has 0 aromatic heterocycles. The van der Waals surface area contributed by atoms with Crippen LogP contribution in [0.1, 0.15) is 6.92 Å². The zero-order valence-corrected chi connectivity index (χ0v) is 6.93. The zero-order valence-electron chi connectivity index (χ0n) is 6.93. The highest BCUT2D eigenvalue weighted by atomic mass is 16.5. The Labute approximate surface area is 70.5 Å². The predicted molar refractivity (Wildman–Crippen MR) is 41.0 cm³/mol. The number of amides is 1. The van der Waals surface area contributed by atoms with Gasteiger partial charge in [0.1, 0.15) is 0 Å². The first-order valence-corrected chi connectivity index (χ1v) is 3.87. The Hall–Kier alpha value is -0.810. The average molecular weight is 175 g/mol. The molecular weight excluding hydrogens is 162 g/mol. The van der Waals surface area contributed by atoms with Gasteiger partial charge in [0.05, 0.1) is 31.9 Å². The number of carboxylic acid groups (broad SMARTS) is 1. The van der Waals surface area contributed by atoms with E-state index in [1.807, 2.05) is 0 Å². The van der Waals surface area contributed by atoms with Crippen LogP contribution in [0, 0.1) is 0 Å². The molecule has 5 heteroatoms. The summed E-state index contributed by atoms with van der Waals surface area (Å²) in [6.45, 7) is 2.30. The van der Waals surface area contributed by atoms with Gasteiger partial charge in [0, 0.05) is 0 Å². The van der Waals surface area contributed by atoms with Crippen LogP contribution in [0.4, 0.5) is 4.79 Å². The smallest absolute Gasteiger partial charge is 0.407 e. The second-order valence-corrected chi connectivity index (χ2v) is 2.94. The number of nitrogens with zero attached hydrogens (tertiary/aromatic N) is 1. The summed E-state index contributed by atoms with van der Waals surface area (Å²) in [5.74, 6) is 0. The molecular formula is C7H13NO4. The maximum atomic E-state index is 10.6. The number of morpholine rings is 1. The molecule has 1 aliphatic rings. The first-order chi connectivity index (χ1) is 5.63. The van der Waals surface area contributed by atoms with Crippen molar-refractivity contribution in [2.24, 2.45) is 0 Å². The molecule has 0 saturated carbocycles. The minimum absolute atomic E-state index is 0.131. The lowest BCUT2D eigenvalue weighted by molar-refractivity contribution is -0.0877. The average Bonchev–Trinajstić information content (AvgIpc) is 2.03. The van der Waals surface area contributed by atoms with Gasteiger partial charge in [-0.15, -0.1) is 0 Å². The van der Waals surface area contributed by atoms with Gasteiger partial charge in [-0.05, 0) is 6.92 Å². The van der Waals surface area contributed by atoms with E-state index < -0.39 is 6.09 Å². The van der Waals surface area contributed by atoms with Crippen molar-refractivity contribution in [3.63, 3.8) is 0 Å². The van der Waals surface area contributed by atoms with E-state index in [0.29, 0.717) is 6.54 Å². The van der Waals surface area contributed by atoms with Gasteiger partial charge < -0.3 is 19.8 Å². The summed E-state index contributed by atoms with van der Waals surface area (Å²) < 4.78 is 5.26. The SMILES string of the molecule is C[C@H]1CN(C(=O)O)C[C@@H](CO)O1. The largest absolute Gasteiger partial charge is 0.465 e. The summed E-state index contributed by atoms with van der Waals surface area (Å²) >= 11 is 0. The van der Waals surface area contributed by atoms with Crippen molar-refractivity contribution in [3.05, 3.63) is 0 Å². The molecule has 0 aromatic rings. The summed E-state index contributed by atoms with van der Waals surface area (Å²) in [6.07, 6.45) is -1.46. The molecule has 0 unspecified atom stereocenters. The van der Waals surface area contributed by atoms with Gasteiger partial charge in [-0.25, -0.2) is 4.79 Å². The number of ether oxygens (including phenoxy) is 1. The van der Waals surface area contributed by atoms with E-state index in [4.69, 9.17) is 14.9 Å². The number of carbonyl (C=O) groups is 1. The van der Waals surface area contributed by atoms with Crippen LogP contribution in [0.25, 0.3) is 0 Å². The van der Waals surface area contributed by atoms with Crippen LogP contribution < -0.4 is 0 Å². The highest BCUT2D eigenvalue weighted by Gasteiger charge is 2.27. The van der Waals surface area contributed by atoms with E-state index in [1.165, 1.54) is 4.90 Å². The number of aliphatic hydroxyl groups is 1. The van der Waals surface area contributed by atoms with Crippen molar-refractivity contribution >= 4 is 6.09 Å². The molecule has 1 amide bonds. The van der Waals surface area contributed by atoms with Crippen LogP contribution in [0.3, 0.4) is 0 Å². The summed E-state index contributed by atoms with van der Waals surface area (Å²) in [5, 5.41) is 17.4. The van der Waals surface area contributed by atoms with Crippen molar-refractivity contribution < 1.29 is 19.7 Å². The Morgan fingerprint density at radius 2 is 2.33 bits per heavy atom. The second kappa shape index (κ2) is 3.73. The number of hydrogen-bond donors (Lipinski definition) is 2. The van der Waals surface area contributed by atoms with Crippen molar-refractivity contribution in [2.45, 2.75) is 19.1 Å². The van der Waals surface area contributed by atoms with Gasteiger partial charge in [-0.1, -0.05) is 0 Å². The van der Waals surface area contributed by atoms with Crippen LogP contribution in [0.2, 0.25) is 0 Å². The standard InChI is InChI=1S/C7H13NO4/c1-5-2-8(7(10)11)3-6(4-9)12-5/h5-6,9H,2-4H2,1H3,(H,10,11)/t5-,6-/m0/s1. The first kappa shape index (κ1) is 9.28. The highest BCUT2D eigenvalue weighted by molar-refractivity contribution is 5.65. The molecule has 1 heterocycles. The lowest BCUT2D eigenvalue weighted by atomic mass is 10.2. The molecule has 1 saturated heterocycles. The highest BCUT2D eigenvalue weighted by Crippen LogP contribution is 2.10. The van der Waals surface area contributed by atoms with E-state index in [2.05, 4.69) is 0 Å². The maximum Gasteiger partial charge on any atom is 0.407 e. The fraction of sp³-hybridized carbons (Fsp3) is 0.857. The van der Waals surface area contributed by atoms with Crippen molar-refractivity contribution in [3.8, 4) is 0 Å². The molecule has 1 fully saturated rings. The summed E-state index contributed by atoms with van der Waals surface area (Å²) in [7, 11) is 0. The van der Waals surface area contributed by atoms with Crippen molar-refractivity contribution in [2.75, 3.05) is 19.7 Å². The summed E-state index contributed by atoms with van der Waals surface area (Å²) in [5.41, 5.74) is 0. The van der Waals surface area contributed by atoms with Gasteiger partial charge in [-0.3, -0.25) is 0 Å². The molecule has 2 N–H and O–H groups in total.